The lowest BCUT2D eigenvalue weighted by molar-refractivity contribution is -0.126. The Morgan fingerprint density at radius 1 is 1.00 bits per heavy atom. The molecule has 0 aliphatic heterocycles. The maximum Gasteiger partial charge on any atom is 0.337 e. The smallest absolute Gasteiger partial charge is 0.337 e. The van der Waals surface area contributed by atoms with Crippen molar-refractivity contribution in [3.63, 3.8) is 0 Å². The number of anilines is 1. The fourth-order valence-corrected chi connectivity index (χ4v) is 3.38. The van der Waals surface area contributed by atoms with E-state index in [2.05, 4.69) is 20.9 Å². The van der Waals surface area contributed by atoms with Gasteiger partial charge in [-0.05, 0) is 42.0 Å². The molecule has 1 aromatic heterocycles. The molecule has 0 radical (unpaired) electrons. The van der Waals surface area contributed by atoms with Crippen molar-refractivity contribution in [1.29, 1.82) is 5.41 Å². The zero-order valence-electron chi connectivity index (χ0n) is 19.8. The minimum atomic E-state index is -0.889. The third-order valence-electron chi connectivity index (χ3n) is 5.26. The van der Waals surface area contributed by atoms with Gasteiger partial charge in [-0.1, -0.05) is 30.3 Å². The second kappa shape index (κ2) is 12.7. The van der Waals surface area contributed by atoms with Gasteiger partial charge in [0.25, 0.3) is 0 Å². The van der Waals surface area contributed by atoms with Crippen molar-refractivity contribution in [1.82, 2.24) is 15.6 Å². The summed E-state index contributed by atoms with van der Waals surface area (Å²) < 4.78 is 4.73. The van der Waals surface area contributed by atoms with Crippen LogP contribution in [0.3, 0.4) is 0 Å². The van der Waals surface area contributed by atoms with Gasteiger partial charge in [-0.25, -0.2) is 4.79 Å². The second-order valence-electron chi connectivity index (χ2n) is 7.82. The Hall–Kier alpha value is -4.73. The zero-order chi connectivity index (χ0) is 25.9. The van der Waals surface area contributed by atoms with Crippen LogP contribution in [0.15, 0.2) is 72.9 Å². The van der Waals surface area contributed by atoms with Gasteiger partial charge in [0.05, 0.1) is 19.2 Å². The van der Waals surface area contributed by atoms with Crippen molar-refractivity contribution in [3.8, 4) is 0 Å². The van der Waals surface area contributed by atoms with E-state index in [0.717, 1.165) is 5.69 Å². The van der Waals surface area contributed by atoms with Gasteiger partial charge in [-0.15, -0.1) is 0 Å². The van der Waals surface area contributed by atoms with Crippen LogP contribution in [0.2, 0.25) is 0 Å². The van der Waals surface area contributed by atoms with Gasteiger partial charge < -0.3 is 26.4 Å². The lowest BCUT2D eigenvalue weighted by Gasteiger charge is -2.20. The number of amides is 2. The molecule has 0 fully saturated rings. The highest BCUT2D eigenvalue weighted by atomic mass is 16.5. The highest BCUT2D eigenvalue weighted by molar-refractivity contribution is 5.96. The number of rotatable bonds is 11. The maximum absolute atomic E-state index is 13.1. The first-order valence-electron chi connectivity index (χ1n) is 11.2. The van der Waals surface area contributed by atoms with E-state index in [1.165, 1.54) is 7.11 Å². The van der Waals surface area contributed by atoms with Gasteiger partial charge in [0.15, 0.2) is 0 Å². The van der Waals surface area contributed by atoms with E-state index in [-0.39, 0.29) is 18.3 Å². The van der Waals surface area contributed by atoms with Crippen LogP contribution in [-0.2, 0) is 20.7 Å². The van der Waals surface area contributed by atoms with Crippen molar-refractivity contribution in [2.24, 2.45) is 5.73 Å². The topological polar surface area (TPSA) is 159 Å². The summed E-state index contributed by atoms with van der Waals surface area (Å²) >= 11 is 0. The summed E-state index contributed by atoms with van der Waals surface area (Å²) in [5.74, 6) is -1.39. The highest BCUT2D eigenvalue weighted by Crippen LogP contribution is 2.22. The normalized spacial score (nSPS) is 11.1. The van der Waals surface area contributed by atoms with E-state index in [1.807, 2.05) is 18.2 Å². The van der Waals surface area contributed by atoms with Crippen LogP contribution in [0.4, 0.5) is 5.69 Å². The lowest BCUT2D eigenvalue weighted by Crippen LogP contribution is -2.41. The number of benzene rings is 2. The number of hydrogen-bond donors (Lipinski definition) is 5. The minimum Gasteiger partial charge on any atom is -0.465 e. The molecule has 186 valence electrons. The first-order chi connectivity index (χ1) is 17.4. The second-order valence-corrected chi connectivity index (χ2v) is 7.82. The molecule has 3 aromatic rings. The van der Waals surface area contributed by atoms with Crippen molar-refractivity contribution in [3.05, 3.63) is 95.3 Å². The summed E-state index contributed by atoms with van der Waals surface area (Å²) in [5.41, 5.74) is 8.39. The van der Waals surface area contributed by atoms with Gasteiger partial charge in [0, 0.05) is 36.1 Å². The largest absolute Gasteiger partial charge is 0.465 e. The number of nitrogens with two attached hydrogens (primary N) is 1. The van der Waals surface area contributed by atoms with Gasteiger partial charge in [0.2, 0.25) is 11.8 Å². The van der Waals surface area contributed by atoms with Crippen LogP contribution in [0, 0.1) is 5.41 Å². The first-order valence-corrected chi connectivity index (χ1v) is 11.2. The molecule has 0 bridgehead atoms. The number of carbonyl (C=O) groups is 3. The summed E-state index contributed by atoms with van der Waals surface area (Å²) in [7, 11) is 1.29. The number of aromatic nitrogens is 1. The molecule has 1 heterocycles. The van der Waals surface area contributed by atoms with Crippen LogP contribution in [0.1, 0.15) is 33.2 Å². The highest BCUT2D eigenvalue weighted by Gasteiger charge is 2.22. The van der Waals surface area contributed by atoms with E-state index >= 15 is 0 Å². The number of pyridine rings is 1. The molecule has 0 saturated carbocycles. The lowest BCUT2D eigenvalue weighted by atomic mass is 10.0. The number of nitrogens with one attached hydrogen (secondary N) is 4. The standard InChI is InChI=1S/C26H28N6O4/c1-36-26(35)18-10-8-17(9-11-18)23(32-21-7-4-5-19(15-21)24(27)28)25(34)31-16-22(33)30-14-12-20-6-2-3-13-29-20/h2-11,13,15,23,32H,12,14,16H2,1H3,(H3,27,28)(H,30,33)(H,31,34). The molecule has 10 nitrogen and oxygen atoms in total. The Bertz CT molecular complexity index is 1210. The number of methoxy groups -OCH3 is 1. The van der Waals surface area contributed by atoms with Crippen molar-refractivity contribution in [2.45, 2.75) is 12.5 Å². The Kier molecular flexibility index (Phi) is 9.10. The molecular weight excluding hydrogens is 460 g/mol. The fraction of sp³-hybridized carbons (Fsp3) is 0.192. The summed E-state index contributed by atoms with van der Waals surface area (Å²) in [6.45, 7) is 0.174. The zero-order valence-corrected chi connectivity index (χ0v) is 19.8. The average Bonchev–Trinajstić information content (AvgIpc) is 2.90. The Labute approximate surface area is 208 Å². The third-order valence-corrected chi connectivity index (χ3v) is 5.26. The number of ether oxygens (including phenoxy) is 1. The van der Waals surface area contributed by atoms with Crippen molar-refractivity contribution < 1.29 is 19.1 Å². The number of carbonyl (C=O) groups excluding carboxylic acids is 3. The summed E-state index contributed by atoms with van der Waals surface area (Å²) in [6, 6.07) is 17.8. The predicted molar refractivity (Wildman–Crippen MR) is 136 cm³/mol. The number of esters is 1. The van der Waals surface area contributed by atoms with E-state index in [4.69, 9.17) is 15.9 Å². The van der Waals surface area contributed by atoms with Crippen LogP contribution in [-0.4, -0.2) is 48.8 Å². The number of amidine groups is 1. The molecule has 1 unspecified atom stereocenters. The molecule has 2 amide bonds. The third kappa shape index (κ3) is 7.39. The van der Waals surface area contributed by atoms with Gasteiger partial charge in [-0.3, -0.25) is 20.0 Å². The van der Waals surface area contributed by atoms with E-state index < -0.39 is 17.9 Å². The molecular formula is C26H28N6O4. The van der Waals surface area contributed by atoms with E-state index in [1.54, 1.807) is 54.7 Å². The molecule has 6 N–H and O–H groups in total. The molecule has 36 heavy (non-hydrogen) atoms. The molecule has 1 atom stereocenters. The van der Waals surface area contributed by atoms with Gasteiger partial charge in [-0.2, -0.15) is 0 Å². The summed E-state index contributed by atoms with van der Waals surface area (Å²) in [6.07, 6.45) is 2.26. The predicted octanol–water partition coefficient (Wildman–Crippen LogP) is 1.78. The number of nitrogens with zero attached hydrogens (tertiary/aromatic N) is 1. The summed E-state index contributed by atoms with van der Waals surface area (Å²) in [5, 5.41) is 16.2. The Morgan fingerprint density at radius 3 is 2.44 bits per heavy atom. The molecule has 0 aliphatic rings. The summed E-state index contributed by atoms with van der Waals surface area (Å²) in [4.78, 5) is 41.4. The Balaban J connectivity index is 1.68. The average molecular weight is 489 g/mol. The molecule has 0 spiro atoms. The minimum absolute atomic E-state index is 0.107. The Morgan fingerprint density at radius 2 is 1.78 bits per heavy atom. The fourth-order valence-electron chi connectivity index (χ4n) is 3.38. The maximum atomic E-state index is 13.1. The van der Waals surface area contributed by atoms with Crippen molar-refractivity contribution in [2.75, 3.05) is 25.5 Å². The molecule has 2 aromatic carbocycles. The number of hydrogen-bond acceptors (Lipinski definition) is 7. The SMILES string of the molecule is COC(=O)c1ccc(C(Nc2cccc(C(=N)N)c2)C(=O)NCC(=O)NCCc2ccccn2)cc1. The van der Waals surface area contributed by atoms with Crippen LogP contribution < -0.4 is 21.7 Å². The van der Waals surface area contributed by atoms with Gasteiger partial charge >= 0.3 is 5.97 Å². The van der Waals surface area contributed by atoms with Gasteiger partial charge in [0.1, 0.15) is 11.9 Å². The molecule has 0 aliphatic carbocycles. The molecule has 0 saturated heterocycles. The van der Waals surface area contributed by atoms with E-state index in [0.29, 0.717) is 35.3 Å². The quantitative estimate of drug-likeness (QED) is 0.156. The molecule has 10 heteroatoms. The van der Waals surface area contributed by atoms with Crippen LogP contribution in [0.5, 0.6) is 0 Å². The number of nitrogen functional groups attached to an aromatic ring is 1. The van der Waals surface area contributed by atoms with Crippen LogP contribution in [0.25, 0.3) is 0 Å². The van der Waals surface area contributed by atoms with Crippen LogP contribution >= 0.6 is 0 Å². The first kappa shape index (κ1) is 25.9. The van der Waals surface area contributed by atoms with Crippen molar-refractivity contribution >= 4 is 29.3 Å². The van der Waals surface area contributed by atoms with E-state index in [9.17, 15) is 14.4 Å². The molecule has 3 rings (SSSR count). The monoisotopic (exact) mass is 488 g/mol.